The number of aromatic amines is 1. The Morgan fingerprint density at radius 2 is 1.86 bits per heavy atom. The fraction of sp³-hybridized carbons (Fsp3) is 0.500. The molecule has 0 saturated carbocycles. The number of Topliss-reactive ketones (excluding diaryl/α,β-unsaturated/α-hetero) is 1. The maximum atomic E-state index is 13.8. The Morgan fingerprint density at radius 3 is 2.49 bits per heavy atom. The van der Waals surface area contributed by atoms with Crippen LogP contribution in [-0.4, -0.2) is 59.3 Å². The fourth-order valence-electron chi connectivity index (χ4n) is 3.51. The SMILES string of the molecule is CC(C)C.O=C(CNC(=O)c1cc2cc(F)cc(F)c2[nH]1)NC(C[C@@H]1CCCNC1=O)C(=O)CO. The van der Waals surface area contributed by atoms with Crippen molar-refractivity contribution < 1.29 is 33.1 Å². The second-order valence-corrected chi connectivity index (χ2v) is 9.06. The first-order valence-electron chi connectivity index (χ1n) is 11.5. The van der Waals surface area contributed by atoms with Crippen molar-refractivity contribution in [1.29, 1.82) is 0 Å². The van der Waals surface area contributed by atoms with E-state index >= 15 is 0 Å². The third kappa shape index (κ3) is 8.43. The van der Waals surface area contributed by atoms with Gasteiger partial charge in [-0.3, -0.25) is 19.2 Å². The fourth-order valence-corrected chi connectivity index (χ4v) is 3.51. The number of aromatic nitrogens is 1. The molecule has 0 radical (unpaired) electrons. The van der Waals surface area contributed by atoms with Crippen LogP contribution >= 0.6 is 0 Å². The van der Waals surface area contributed by atoms with E-state index in [1.165, 1.54) is 6.07 Å². The summed E-state index contributed by atoms with van der Waals surface area (Å²) in [6, 6.07) is 1.91. The number of benzene rings is 1. The summed E-state index contributed by atoms with van der Waals surface area (Å²) in [4.78, 5) is 50.9. The molecule has 0 aliphatic carbocycles. The van der Waals surface area contributed by atoms with Crippen molar-refractivity contribution in [2.24, 2.45) is 11.8 Å². The molecule has 2 aromatic rings. The normalized spacial score (nSPS) is 16.2. The van der Waals surface area contributed by atoms with E-state index < -0.39 is 54.3 Å². The van der Waals surface area contributed by atoms with E-state index in [-0.39, 0.29) is 28.9 Å². The standard InChI is InChI=1S/C20H22F2N4O5.C4H10/c21-12-4-11-6-15(26-18(11)13(22)7-12)20(31)24-8-17(29)25-14(16(28)9-27)5-10-2-1-3-23-19(10)30;1-4(2)3/h4,6-7,10,14,26-27H,1-3,5,8-9H2,(H,23,30)(H,24,31)(H,25,29);4H,1-3H3/t10-,14?;/m0./s1. The van der Waals surface area contributed by atoms with Crippen LogP contribution in [0.3, 0.4) is 0 Å². The van der Waals surface area contributed by atoms with Crippen LogP contribution in [0.25, 0.3) is 10.9 Å². The van der Waals surface area contributed by atoms with Gasteiger partial charge >= 0.3 is 0 Å². The lowest BCUT2D eigenvalue weighted by Crippen LogP contribution is -2.49. The molecule has 192 valence electrons. The minimum Gasteiger partial charge on any atom is -0.389 e. The first-order valence-corrected chi connectivity index (χ1v) is 11.5. The lowest BCUT2D eigenvalue weighted by molar-refractivity contribution is -0.131. The molecule has 1 aliphatic rings. The zero-order chi connectivity index (χ0) is 26.1. The van der Waals surface area contributed by atoms with E-state index in [9.17, 15) is 28.0 Å². The number of rotatable bonds is 8. The number of aliphatic hydroxyl groups is 1. The zero-order valence-electron chi connectivity index (χ0n) is 20.0. The van der Waals surface area contributed by atoms with Crippen LogP contribution in [-0.2, 0) is 14.4 Å². The average molecular weight is 495 g/mol. The highest BCUT2D eigenvalue weighted by molar-refractivity contribution is 6.00. The van der Waals surface area contributed by atoms with Crippen molar-refractivity contribution in [1.82, 2.24) is 20.9 Å². The Morgan fingerprint density at radius 1 is 1.17 bits per heavy atom. The van der Waals surface area contributed by atoms with Crippen molar-refractivity contribution in [3.05, 3.63) is 35.5 Å². The average Bonchev–Trinajstić information content (AvgIpc) is 3.22. The number of halogens is 2. The van der Waals surface area contributed by atoms with Gasteiger partial charge in [-0.1, -0.05) is 20.8 Å². The Bertz CT molecular complexity index is 1070. The number of aliphatic hydroxyl groups excluding tert-OH is 1. The van der Waals surface area contributed by atoms with Gasteiger partial charge in [-0.2, -0.15) is 0 Å². The molecule has 35 heavy (non-hydrogen) atoms. The summed E-state index contributed by atoms with van der Waals surface area (Å²) >= 11 is 0. The van der Waals surface area contributed by atoms with Crippen LogP contribution in [0.5, 0.6) is 0 Å². The summed E-state index contributed by atoms with van der Waals surface area (Å²) in [5.41, 5.74) is -0.121. The number of amides is 3. The van der Waals surface area contributed by atoms with Crippen molar-refractivity contribution in [2.45, 2.75) is 46.1 Å². The highest BCUT2D eigenvalue weighted by Crippen LogP contribution is 2.20. The molecular formula is C24H32F2N4O5. The van der Waals surface area contributed by atoms with Crippen LogP contribution < -0.4 is 16.0 Å². The molecule has 11 heteroatoms. The second kappa shape index (κ2) is 12.9. The van der Waals surface area contributed by atoms with Gasteiger partial charge in [-0.05, 0) is 37.3 Å². The van der Waals surface area contributed by atoms with Crippen LogP contribution in [0, 0.1) is 23.5 Å². The lowest BCUT2D eigenvalue weighted by atomic mass is 9.90. The van der Waals surface area contributed by atoms with Gasteiger partial charge in [0.2, 0.25) is 11.8 Å². The summed E-state index contributed by atoms with van der Waals surface area (Å²) in [5, 5.41) is 16.7. The van der Waals surface area contributed by atoms with E-state index in [4.69, 9.17) is 5.11 Å². The van der Waals surface area contributed by atoms with Crippen molar-refractivity contribution >= 4 is 34.4 Å². The third-order valence-electron chi connectivity index (χ3n) is 5.10. The quantitative estimate of drug-likeness (QED) is 0.381. The third-order valence-corrected chi connectivity index (χ3v) is 5.10. The molecule has 3 rings (SSSR count). The molecular weight excluding hydrogens is 462 g/mol. The van der Waals surface area contributed by atoms with Gasteiger partial charge in [0.05, 0.1) is 18.1 Å². The predicted molar refractivity (Wildman–Crippen MR) is 125 cm³/mol. The molecule has 1 fully saturated rings. The summed E-state index contributed by atoms with van der Waals surface area (Å²) in [6.45, 7) is 5.75. The van der Waals surface area contributed by atoms with Gasteiger partial charge in [0.15, 0.2) is 5.78 Å². The molecule has 3 amide bonds. The molecule has 1 saturated heterocycles. The van der Waals surface area contributed by atoms with Crippen molar-refractivity contribution in [3.8, 4) is 0 Å². The molecule has 2 atom stereocenters. The number of ketones is 1. The summed E-state index contributed by atoms with van der Waals surface area (Å²) in [6.07, 6.45) is 1.35. The van der Waals surface area contributed by atoms with Crippen molar-refractivity contribution in [3.63, 3.8) is 0 Å². The largest absolute Gasteiger partial charge is 0.389 e. The van der Waals surface area contributed by atoms with Gasteiger partial charge in [0.1, 0.15) is 23.9 Å². The molecule has 1 aliphatic heterocycles. The Labute approximate surface area is 202 Å². The molecule has 1 aromatic heterocycles. The van der Waals surface area contributed by atoms with Gasteiger partial charge in [-0.25, -0.2) is 8.78 Å². The van der Waals surface area contributed by atoms with E-state index in [0.717, 1.165) is 18.4 Å². The predicted octanol–water partition coefficient (Wildman–Crippen LogP) is 1.80. The van der Waals surface area contributed by atoms with E-state index in [1.807, 2.05) is 0 Å². The van der Waals surface area contributed by atoms with E-state index in [2.05, 4.69) is 41.7 Å². The molecule has 1 unspecified atom stereocenters. The minimum absolute atomic E-state index is 0.0395. The van der Waals surface area contributed by atoms with Gasteiger partial charge in [0.25, 0.3) is 5.91 Å². The Kier molecular flexibility index (Phi) is 10.3. The molecule has 5 N–H and O–H groups in total. The molecule has 0 spiro atoms. The summed E-state index contributed by atoms with van der Waals surface area (Å²) in [5.74, 6) is -3.58. The van der Waals surface area contributed by atoms with Gasteiger partial charge in [-0.15, -0.1) is 0 Å². The smallest absolute Gasteiger partial charge is 0.268 e. The molecule has 0 bridgehead atoms. The number of fused-ring (bicyclic) bond motifs is 1. The first-order chi connectivity index (χ1) is 16.5. The number of hydrogen-bond acceptors (Lipinski definition) is 5. The number of nitrogens with one attached hydrogen (secondary N) is 4. The monoisotopic (exact) mass is 494 g/mol. The van der Waals surface area contributed by atoms with Crippen LogP contribution in [0.2, 0.25) is 0 Å². The van der Waals surface area contributed by atoms with Gasteiger partial charge in [0, 0.05) is 23.9 Å². The van der Waals surface area contributed by atoms with Gasteiger partial charge < -0.3 is 26.0 Å². The topological polar surface area (TPSA) is 140 Å². The van der Waals surface area contributed by atoms with Crippen LogP contribution in [0.15, 0.2) is 18.2 Å². The van der Waals surface area contributed by atoms with Crippen molar-refractivity contribution in [2.75, 3.05) is 19.7 Å². The van der Waals surface area contributed by atoms with Crippen LogP contribution in [0.1, 0.15) is 50.5 Å². The number of piperidine rings is 1. The second-order valence-electron chi connectivity index (χ2n) is 9.06. The maximum Gasteiger partial charge on any atom is 0.268 e. The first kappa shape index (κ1) is 27.9. The van der Waals surface area contributed by atoms with Crippen LogP contribution in [0.4, 0.5) is 8.78 Å². The molecule has 1 aromatic carbocycles. The van der Waals surface area contributed by atoms with E-state index in [1.54, 1.807) is 0 Å². The Balaban J connectivity index is 0.00000100. The number of H-pyrrole nitrogens is 1. The number of hydrogen-bond donors (Lipinski definition) is 5. The highest BCUT2D eigenvalue weighted by atomic mass is 19.1. The summed E-state index contributed by atoms with van der Waals surface area (Å²) in [7, 11) is 0. The molecule has 2 heterocycles. The number of carbonyl (C=O) groups excluding carboxylic acids is 4. The highest BCUT2D eigenvalue weighted by Gasteiger charge is 2.29. The zero-order valence-corrected chi connectivity index (χ0v) is 20.0. The lowest BCUT2D eigenvalue weighted by Gasteiger charge is -2.26. The maximum absolute atomic E-state index is 13.8. The Hall–Kier alpha value is -3.34. The van der Waals surface area contributed by atoms with E-state index in [0.29, 0.717) is 19.0 Å². The number of carbonyl (C=O) groups is 4. The summed E-state index contributed by atoms with van der Waals surface area (Å²) < 4.78 is 27.1. The molecule has 9 nitrogen and oxygen atoms in total. The minimum atomic E-state index is -1.08.